The maximum absolute atomic E-state index is 7.11. The van der Waals surface area contributed by atoms with Gasteiger partial charge in [-0.1, -0.05) is 171 Å². The number of rotatable bonds is 5. The monoisotopic (exact) mass is 895 g/mol. The Hall–Kier alpha value is -6.00. The smallest absolute Gasteiger partial charge is 0.247 e. The number of fused-ring (bicyclic) bond motifs is 7. The normalized spacial score (nSPS) is 14.7. The van der Waals surface area contributed by atoms with Crippen molar-refractivity contribution in [3.63, 3.8) is 0 Å². The van der Waals surface area contributed by atoms with Crippen LogP contribution in [0.2, 0.25) is 0 Å². The van der Waals surface area contributed by atoms with E-state index in [0.29, 0.717) is 5.92 Å². The molecule has 346 valence electrons. The molecule has 0 bridgehead atoms. The van der Waals surface area contributed by atoms with E-state index in [-0.39, 0.29) is 33.8 Å². The summed E-state index contributed by atoms with van der Waals surface area (Å²) in [6, 6.07) is 51.6. The van der Waals surface area contributed by atoms with E-state index in [4.69, 9.17) is 4.42 Å². The molecule has 0 amide bonds. The van der Waals surface area contributed by atoms with Crippen LogP contribution < -0.4 is 26.2 Å². The summed E-state index contributed by atoms with van der Waals surface area (Å²) in [5.74, 6) is 0.457. The van der Waals surface area contributed by atoms with Crippen molar-refractivity contribution < 1.29 is 4.42 Å². The fourth-order valence-corrected chi connectivity index (χ4v) is 11.0. The second kappa shape index (κ2) is 15.5. The Morgan fingerprint density at radius 1 is 0.471 bits per heavy atom. The molecular weight excluding hydrogens is 824 g/mol. The molecule has 4 heteroatoms. The molecule has 0 fully saturated rings. The Morgan fingerprint density at radius 2 is 1.00 bits per heavy atom. The minimum Gasteiger partial charge on any atom is -0.456 e. The summed E-state index contributed by atoms with van der Waals surface area (Å²) in [5.41, 5.74) is 22.1. The van der Waals surface area contributed by atoms with Gasteiger partial charge in [0.25, 0.3) is 0 Å². The highest BCUT2D eigenvalue weighted by molar-refractivity contribution is 6.99. The molecule has 8 aromatic rings. The maximum Gasteiger partial charge on any atom is 0.247 e. The van der Waals surface area contributed by atoms with E-state index in [2.05, 4.69) is 254 Å². The Morgan fingerprint density at radius 3 is 1.57 bits per heavy atom. The van der Waals surface area contributed by atoms with Crippen molar-refractivity contribution in [2.24, 2.45) is 0 Å². The van der Waals surface area contributed by atoms with Crippen LogP contribution >= 0.6 is 0 Å². The van der Waals surface area contributed by atoms with Crippen molar-refractivity contribution in [1.82, 2.24) is 0 Å². The summed E-state index contributed by atoms with van der Waals surface area (Å²) in [5, 5.41) is 2.30. The summed E-state index contributed by atoms with van der Waals surface area (Å²) in [6.45, 7) is 37.2. The van der Waals surface area contributed by atoms with Gasteiger partial charge in [0.15, 0.2) is 0 Å². The van der Waals surface area contributed by atoms with Gasteiger partial charge in [0, 0.05) is 56.4 Å². The van der Waals surface area contributed by atoms with E-state index in [0.717, 1.165) is 39.0 Å². The SMILES string of the molecule is CC(C)c1ccc(N(c2ccc(C(C)(C)C)cc2)c2ccc3c(c2)oc2cc4c(cc23)C(C)(C)c2cc(C(C)(C)C)cc3c2B4c2cc(C(C)(C)C)ccc2N3c2ccc(C(C)(C)C)cc2)cc1. The molecule has 68 heavy (non-hydrogen) atoms. The largest absolute Gasteiger partial charge is 0.456 e. The highest BCUT2D eigenvalue weighted by Crippen LogP contribution is 2.47. The van der Waals surface area contributed by atoms with Crippen LogP contribution in [-0.2, 0) is 27.1 Å². The summed E-state index contributed by atoms with van der Waals surface area (Å²) >= 11 is 0. The highest BCUT2D eigenvalue weighted by Gasteiger charge is 2.47. The van der Waals surface area contributed by atoms with Gasteiger partial charge in [-0.3, -0.25) is 0 Å². The fraction of sp³-hybridized carbons (Fsp3) is 0.344. The Bertz CT molecular complexity index is 3250. The van der Waals surface area contributed by atoms with E-state index in [1.165, 1.54) is 72.4 Å². The van der Waals surface area contributed by atoms with Crippen molar-refractivity contribution in [2.45, 2.75) is 144 Å². The molecule has 1 aromatic heterocycles. The number of hydrogen-bond donors (Lipinski definition) is 0. The van der Waals surface area contributed by atoms with Crippen molar-refractivity contribution in [1.29, 1.82) is 0 Å². The molecule has 0 spiro atoms. The minimum absolute atomic E-state index is 0.0213. The molecule has 0 unspecified atom stereocenters. The molecule has 2 aliphatic rings. The number of nitrogens with zero attached hydrogens (tertiary/aromatic N) is 2. The Labute approximate surface area is 407 Å². The molecule has 0 atom stereocenters. The Balaban J connectivity index is 1.19. The van der Waals surface area contributed by atoms with Gasteiger partial charge in [-0.15, -0.1) is 0 Å². The third kappa shape index (κ3) is 7.58. The van der Waals surface area contributed by atoms with Crippen LogP contribution in [0.3, 0.4) is 0 Å². The molecule has 10 rings (SSSR count). The lowest BCUT2D eigenvalue weighted by Gasteiger charge is -2.46. The molecule has 3 heterocycles. The summed E-state index contributed by atoms with van der Waals surface area (Å²) < 4.78 is 7.11. The summed E-state index contributed by atoms with van der Waals surface area (Å²) in [7, 11) is 0. The number of anilines is 6. The molecule has 0 saturated carbocycles. The first-order chi connectivity index (χ1) is 31.8. The van der Waals surface area contributed by atoms with Crippen molar-refractivity contribution in [3.05, 3.63) is 172 Å². The van der Waals surface area contributed by atoms with E-state index in [1.807, 2.05) is 0 Å². The van der Waals surface area contributed by atoms with Gasteiger partial charge in [-0.05, 0) is 150 Å². The molecule has 0 saturated heterocycles. The van der Waals surface area contributed by atoms with Crippen molar-refractivity contribution >= 4 is 79.2 Å². The van der Waals surface area contributed by atoms with E-state index in [9.17, 15) is 0 Å². The van der Waals surface area contributed by atoms with Gasteiger partial charge in [0.2, 0.25) is 6.71 Å². The number of benzene rings is 7. The second-order valence-electron chi connectivity index (χ2n) is 25.0. The van der Waals surface area contributed by atoms with Gasteiger partial charge in [-0.2, -0.15) is 0 Å². The summed E-state index contributed by atoms with van der Waals surface area (Å²) in [4.78, 5) is 4.94. The second-order valence-corrected chi connectivity index (χ2v) is 25.0. The lowest BCUT2D eigenvalue weighted by Crippen LogP contribution is -2.64. The first kappa shape index (κ1) is 45.8. The topological polar surface area (TPSA) is 19.6 Å². The van der Waals surface area contributed by atoms with E-state index >= 15 is 0 Å². The molecule has 0 radical (unpaired) electrons. The quantitative estimate of drug-likeness (QED) is 0.161. The average Bonchev–Trinajstić information content (AvgIpc) is 3.63. The van der Waals surface area contributed by atoms with Crippen LogP contribution in [0.4, 0.5) is 34.1 Å². The predicted octanol–water partition coefficient (Wildman–Crippen LogP) is 16.3. The predicted molar refractivity (Wildman–Crippen MR) is 295 cm³/mol. The first-order valence-corrected chi connectivity index (χ1v) is 25.1. The van der Waals surface area contributed by atoms with Gasteiger partial charge in [0.05, 0.1) is 0 Å². The van der Waals surface area contributed by atoms with Crippen LogP contribution in [0, 0.1) is 0 Å². The molecule has 0 aliphatic carbocycles. The molecule has 7 aromatic carbocycles. The van der Waals surface area contributed by atoms with Crippen molar-refractivity contribution in [2.75, 3.05) is 9.80 Å². The third-order valence-corrected chi connectivity index (χ3v) is 15.3. The average molecular weight is 895 g/mol. The molecule has 0 N–H and O–H groups in total. The first-order valence-electron chi connectivity index (χ1n) is 25.1. The van der Waals surface area contributed by atoms with Crippen LogP contribution in [0.15, 0.2) is 138 Å². The highest BCUT2D eigenvalue weighted by atomic mass is 16.3. The zero-order valence-corrected chi connectivity index (χ0v) is 43.7. The minimum atomic E-state index is -0.298. The number of hydrogen-bond acceptors (Lipinski definition) is 3. The fourth-order valence-electron chi connectivity index (χ4n) is 11.0. The van der Waals surface area contributed by atoms with E-state index < -0.39 is 0 Å². The maximum atomic E-state index is 7.11. The molecule has 2 aliphatic heterocycles. The zero-order chi connectivity index (χ0) is 48.6. The summed E-state index contributed by atoms with van der Waals surface area (Å²) in [6.07, 6.45) is 0. The lowest BCUT2D eigenvalue weighted by atomic mass is 9.30. The number of furan rings is 1. The van der Waals surface area contributed by atoms with Gasteiger partial charge in [-0.25, -0.2) is 0 Å². The molecular formula is C64H71BN2O. The van der Waals surface area contributed by atoms with Crippen LogP contribution in [-0.4, -0.2) is 6.71 Å². The standard InChI is InChI=1S/C64H71BN2O/c1-39(2)40-17-24-45(25-18-40)66(46-26-19-41(20-27-46)60(3,4)5)48-30-31-49-50-37-51-53(38-58(50)68-57(49)36-48)65-54-34-43(62(9,10)11)23-32-55(54)67(47-28-21-42(22-29-47)61(6,7)8)56-35-44(63(12,13)14)33-52(59(56)65)64(51,15)16/h17-39H,1-16H3. The van der Waals surface area contributed by atoms with Crippen molar-refractivity contribution in [3.8, 4) is 0 Å². The van der Waals surface area contributed by atoms with E-state index in [1.54, 1.807) is 0 Å². The zero-order valence-electron chi connectivity index (χ0n) is 43.7. The van der Waals surface area contributed by atoms with Gasteiger partial charge in [0.1, 0.15) is 11.2 Å². The van der Waals surface area contributed by atoms with Crippen LogP contribution in [0.1, 0.15) is 156 Å². The molecule has 3 nitrogen and oxygen atoms in total. The third-order valence-electron chi connectivity index (χ3n) is 15.3. The van der Waals surface area contributed by atoms with Crippen LogP contribution in [0.25, 0.3) is 21.9 Å². The van der Waals surface area contributed by atoms with Gasteiger partial charge < -0.3 is 14.2 Å². The lowest BCUT2D eigenvalue weighted by molar-refractivity contribution is 0.583. The van der Waals surface area contributed by atoms with Crippen LogP contribution in [0.5, 0.6) is 0 Å². The van der Waals surface area contributed by atoms with Gasteiger partial charge >= 0.3 is 0 Å². The Kier molecular flexibility index (Phi) is 10.4.